The van der Waals surface area contributed by atoms with Crippen LogP contribution in [0.4, 0.5) is 0 Å². The Hall–Kier alpha value is -0.610. The minimum absolute atomic E-state index is 0.131. The molecule has 0 aromatic rings. The molecule has 0 aromatic carbocycles. The Labute approximate surface area is 78.3 Å². The molecule has 1 heterocycles. The average molecular weight is 187 g/mol. The number of carbonyl (C=O) groups is 1. The molecule has 0 saturated carbocycles. The van der Waals surface area contributed by atoms with Gasteiger partial charge in [0.2, 0.25) is 0 Å². The summed E-state index contributed by atoms with van der Waals surface area (Å²) < 4.78 is 4.64. The molecule has 2 unspecified atom stereocenters. The van der Waals surface area contributed by atoms with Gasteiger partial charge in [-0.05, 0) is 25.7 Å². The van der Waals surface area contributed by atoms with Gasteiger partial charge in [0.25, 0.3) is 0 Å². The van der Waals surface area contributed by atoms with E-state index in [-0.39, 0.29) is 18.6 Å². The smallest absolute Gasteiger partial charge is 0.322 e. The van der Waals surface area contributed by atoms with E-state index in [2.05, 4.69) is 10.1 Å². The van der Waals surface area contributed by atoms with Crippen LogP contribution >= 0.6 is 0 Å². The van der Waals surface area contributed by atoms with E-state index in [1.54, 1.807) is 0 Å². The molecule has 0 amide bonds. The summed E-state index contributed by atoms with van der Waals surface area (Å²) in [7, 11) is 1.41. The van der Waals surface area contributed by atoms with E-state index in [0.717, 1.165) is 25.7 Å². The zero-order valence-corrected chi connectivity index (χ0v) is 7.95. The molecule has 76 valence electrons. The van der Waals surface area contributed by atoms with Crippen molar-refractivity contribution in [1.29, 1.82) is 0 Å². The number of esters is 1. The second kappa shape index (κ2) is 5.19. The molecule has 13 heavy (non-hydrogen) atoms. The van der Waals surface area contributed by atoms with Gasteiger partial charge in [-0.25, -0.2) is 0 Å². The summed E-state index contributed by atoms with van der Waals surface area (Å²) in [5.74, 6) is -0.175. The van der Waals surface area contributed by atoms with Crippen LogP contribution in [0.25, 0.3) is 0 Å². The Balaban J connectivity index is 2.23. The average Bonchev–Trinajstić information content (AvgIpc) is 2.62. The van der Waals surface area contributed by atoms with Crippen LogP contribution in [0.3, 0.4) is 0 Å². The zero-order valence-electron chi connectivity index (χ0n) is 7.95. The van der Waals surface area contributed by atoms with Gasteiger partial charge in [-0.2, -0.15) is 0 Å². The number of ether oxygens (including phenoxy) is 1. The van der Waals surface area contributed by atoms with E-state index in [0.29, 0.717) is 6.04 Å². The highest BCUT2D eigenvalue weighted by molar-refractivity contribution is 5.76. The van der Waals surface area contributed by atoms with Gasteiger partial charge in [0.15, 0.2) is 0 Å². The molecule has 0 spiro atoms. The zero-order chi connectivity index (χ0) is 9.68. The molecule has 1 aliphatic heterocycles. The van der Waals surface area contributed by atoms with E-state index in [9.17, 15) is 4.79 Å². The van der Waals surface area contributed by atoms with E-state index < -0.39 is 0 Å². The van der Waals surface area contributed by atoms with Crippen LogP contribution in [0.5, 0.6) is 0 Å². The minimum Gasteiger partial charge on any atom is -0.468 e. The predicted octanol–water partition coefficient (Wildman–Crippen LogP) is 0.0525. The van der Waals surface area contributed by atoms with Gasteiger partial charge in [-0.1, -0.05) is 0 Å². The molecule has 1 aliphatic rings. The summed E-state index contributed by atoms with van der Waals surface area (Å²) in [6, 6.07) is 0.241. The topological polar surface area (TPSA) is 58.6 Å². The van der Waals surface area contributed by atoms with Gasteiger partial charge in [0.05, 0.1) is 7.11 Å². The number of hydrogen-bond donors (Lipinski definition) is 2. The lowest BCUT2D eigenvalue weighted by atomic mass is 10.1. The molecule has 1 saturated heterocycles. The molecule has 1 rings (SSSR count). The Morgan fingerprint density at radius 2 is 2.38 bits per heavy atom. The molecule has 2 atom stereocenters. The van der Waals surface area contributed by atoms with Crippen molar-refractivity contribution in [3.8, 4) is 0 Å². The molecule has 0 aromatic heterocycles. The fourth-order valence-corrected chi connectivity index (χ4v) is 1.71. The second-order valence-electron chi connectivity index (χ2n) is 3.38. The van der Waals surface area contributed by atoms with Crippen molar-refractivity contribution in [2.45, 2.75) is 37.8 Å². The van der Waals surface area contributed by atoms with Crippen LogP contribution in [0, 0.1) is 0 Å². The third kappa shape index (κ3) is 2.97. The minimum atomic E-state index is -0.175. The standard InChI is InChI=1S/C9H17NO3/c1-13-9(12)8-5-4-7(10-8)3-2-6-11/h7-8,10-11H,2-6H2,1H3. The normalized spacial score (nSPS) is 27.5. The molecule has 2 N–H and O–H groups in total. The first-order chi connectivity index (χ1) is 6.27. The maximum Gasteiger partial charge on any atom is 0.322 e. The second-order valence-corrected chi connectivity index (χ2v) is 3.38. The molecular formula is C9H17NO3. The maximum atomic E-state index is 11.1. The Morgan fingerprint density at radius 1 is 1.62 bits per heavy atom. The van der Waals surface area contributed by atoms with Crippen molar-refractivity contribution >= 4 is 5.97 Å². The number of hydrogen-bond acceptors (Lipinski definition) is 4. The third-order valence-electron chi connectivity index (χ3n) is 2.44. The molecule has 0 radical (unpaired) electrons. The first-order valence-electron chi connectivity index (χ1n) is 4.72. The molecule has 1 fully saturated rings. The molecule has 0 aliphatic carbocycles. The summed E-state index contributed by atoms with van der Waals surface area (Å²) in [5.41, 5.74) is 0. The first-order valence-corrected chi connectivity index (χ1v) is 4.72. The lowest BCUT2D eigenvalue weighted by Crippen LogP contribution is -2.36. The van der Waals surface area contributed by atoms with Crippen molar-refractivity contribution in [3.63, 3.8) is 0 Å². The summed E-state index contributed by atoms with van der Waals surface area (Å²) in [4.78, 5) is 11.1. The van der Waals surface area contributed by atoms with Crippen LogP contribution in [-0.2, 0) is 9.53 Å². The number of aliphatic hydroxyl groups is 1. The third-order valence-corrected chi connectivity index (χ3v) is 2.44. The molecule has 4 heteroatoms. The van der Waals surface area contributed by atoms with E-state index in [4.69, 9.17) is 5.11 Å². The SMILES string of the molecule is COC(=O)C1CCC(CCCO)N1. The van der Waals surface area contributed by atoms with Crippen molar-refractivity contribution in [2.75, 3.05) is 13.7 Å². The first kappa shape index (κ1) is 10.5. The van der Waals surface area contributed by atoms with Gasteiger partial charge in [-0.3, -0.25) is 4.79 Å². The predicted molar refractivity (Wildman–Crippen MR) is 48.3 cm³/mol. The fourth-order valence-electron chi connectivity index (χ4n) is 1.71. The Kier molecular flexibility index (Phi) is 4.18. The summed E-state index contributed by atoms with van der Waals surface area (Å²) in [6.07, 6.45) is 3.58. The molecular weight excluding hydrogens is 170 g/mol. The van der Waals surface area contributed by atoms with Crippen LogP contribution in [0.15, 0.2) is 0 Å². The van der Waals surface area contributed by atoms with E-state index >= 15 is 0 Å². The molecule has 0 bridgehead atoms. The largest absolute Gasteiger partial charge is 0.468 e. The van der Waals surface area contributed by atoms with Crippen molar-refractivity contribution in [1.82, 2.24) is 5.32 Å². The lowest BCUT2D eigenvalue weighted by Gasteiger charge is -2.11. The summed E-state index contributed by atoms with van der Waals surface area (Å²) in [5, 5.41) is 11.8. The van der Waals surface area contributed by atoms with Crippen LogP contribution in [0.1, 0.15) is 25.7 Å². The Bertz CT molecular complexity index is 172. The quantitative estimate of drug-likeness (QED) is 0.611. The lowest BCUT2D eigenvalue weighted by molar-refractivity contribution is -0.142. The van der Waals surface area contributed by atoms with E-state index in [1.807, 2.05) is 0 Å². The number of aliphatic hydroxyl groups excluding tert-OH is 1. The summed E-state index contributed by atoms with van der Waals surface area (Å²) >= 11 is 0. The Morgan fingerprint density at radius 3 is 3.00 bits per heavy atom. The van der Waals surface area contributed by atoms with Gasteiger partial charge >= 0.3 is 5.97 Å². The number of methoxy groups -OCH3 is 1. The monoisotopic (exact) mass is 187 g/mol. The van der Waals surface area contributed by atoms with Crippen LogP contribution in [0.2, 0.25) is 0 Å². The number of rotatable bonds is 4. The summed E-state index contributed by atoms with van der Waals surface area (Å²) in [6.45, 7) is 0.223. The maximum absolute atomic E-state index is 11.1. The van der Waals surface area contributed by atoms with Crippen LogP contribution < -0.4 is 5.32 Å². The fraction of sp³-hybridized carbons (Fsp3) is 0.889. The molecule has 4 nitrogen and oxygen atoms in total. The number of nitrogens with one attached hydrogen (secondary N) is 1. The van der Waals surface area contributed by atoms with Gasteiger partial charge in [-0.15, -0.1) is 0 Å². The highest BCUT2D eigenvalue weighted by Gasteiger charge is 2.28. The highest BCUT2D eigenvalue weighted by Crippen LogP contribution is 2.16. The van der Waals surface area contributed by atoms with Crippen molar-refractivity contribution in [2.24, 2.45) is 0 Å². The van der Waals surface area contributed by atoms with Crippen LogP contribution in [-0.4, -0.2) is 36.9 Å². The van der Waals surface area contributed by atoms with Gasteiger partial charge in [0, 0.05) is 12.6 Å². The number of carbonyl (C=O) groups excluding carboxylic acids is 1. The van der Waals surface area contributed by atoms with Crippen molar-refractivity contribution in [3.05, 3.63) is 0 Å². The highest BCUT2D eigenvalue weighted by atomic mass is 16.5. The van der Waals surface area contributed by atoms with Gasteiger partial charge in [0.1, 0.15) is 6.04 Å². The van der Waals surface area contributed by atoms with E-state index in [1.165, 1.54) is 7.11 Å². The van der Waals surface area contributed by atoms with Crippen molar-refractivity contribution < 1.29 is 14.6 Å². The van der Waals surface area contributed by atoms with Gasteiger partial charge < -0.3 is 15.2 Å².